The molecule has 2 fully saturated rings. The monoisotopic (exact) mass is 327 g/mol. The maximum absolute atomic E-state index is 11.7. The third-order valence-corrected chi connectivity index (χ3v) is 6.43. The third kappa shape index (κ3) is 3.11. The van der Waals surface area contributed by atoms with E-state index in [9.17, 15) is 4.79 Å². The molecule has 2 aliphatic carbocycles. The SMILES string of the molecule is NC(=O)N1CCCc2ccc(NC3CCC(C4CCC4)CC3)cc21. The maximum Gasteiger partial charge on any atom is 0.319 e. The number of rotatable bonds is 3. The molecule has 24 heavy (non-hydrogen) atoms. The number of urea groups is 1. The first-order chi connectivity index (χ1) is 11.7. The zero-order valence-electron chi connectivity index (χ0n) is 14.5. The Bertz CT molecular complexity index is 603. The minimum absolute atomic E-state index is 0.339. The quantitative estimate of drug-likeness (QED) is 0.870. The summed E-state index contributed by atoms with van der Waals surface area (Å²) in [5.41, 5.74) is 8.92. The fourth-order valence-electron chi connectivity index (χ4n) is 4.78. The molecular formula is C20H29N3O. The lowest BCUT2D eigenvalue weighted by atomic mass is 9.69. The number of anilines is 2. The number of hydrogen-bond donors (Lipinski definition) is 2. The van der Waals surface area contributed by atoms with Crippen molar-refractivity contribution in [3.63, 3.8) is 0 Å². The third-order valence-electron chi connectivity index (χ3n) is 6.43. The number of primary amides is 1. The van der Waals surface area contributed by atoms with Crippen LogP contribution in [0.3, 0.4) is 0 Å². The van der Waals surface area contributed by atoms with Crippen LogP contribution in [0.25, 0.3) is 0 Å². The second-order valence-electron chi connectivity index (χ2n) is 7.88. The van der Waals surface area contributed by atoms with Crippen molar-refractivity contribution in [3.05, 3.63) is 23.8 Å². The van der Waals surface area contributed by atoms with E-state index >= 15 is 0 Å². The Morgan fingerprint density at radius 1 is 1.04 bits per heavy atom. The van der Waals surface area contributed by atoms with Gasteiger partial charge < -0.3 is 11.1 Å². The number of fused-ring (bicyclic) bond motifs is 1. The van der Waals surface area contributed by atoms with Crippen LogP contribution in [0.4, 0.5) is 16.2 Å². The summed E-state index contributed by atoms with van der Waals surface area (Å²) in [6.07, 6.45) is 11.7. The summed E-state index contributed by atoms with van der Waals surface area (Å²) in [7, 11) is 0. The number of amides is 2. The Labute approximate surface area is 144 Å². The van der Waals surface area contributed by atoms with Gasteiger partial charge in [0, 0.05) is 18.3 Å². The molecule has 3 aliphatic rings. The second kappa shape index (κ2) is 6.66. The molecule has 0 unspecified atom stereocenters. The van der Waals surface area contributed by atoms with Crippen molar-refractivity contribution in [1.29, 1.82) is 0 Å². The van der Waals surface area contributed by atoms with E-state index in [4.69, 9.17) is 5.73 Å². The number of aryl methyl sites for hydroxylation is 1. The Balaban J connectivity index is 1.40. The van der Waals surface area contributed by atoms with E-state index in [1.807, 2.05) is 0 Å². The lowest BCUT2D eigenvalue weighted by molar-refractivity contribution is 0.157. The summed E-state index contributed by atoms with van der Waals surface area (Å²) in [6, 6.07) is 6.69. The molecule has 2 saturated carbocycles. The lowest BCUT2D eigenvalue weighted by Gasteiger charge is -2.39. The molecule has 4 rings (SSSR count). The Morgan fingerprint density at radius 2 is 1.79 bits per heavy atom. The van der Waals surface area contributed by atoms with E-state index in [0.29, 0.717) is 6.04 Å². The molecule has 1 aromatic carbocycles. The van der Waals surface area contributed by atoms with Crippen molar-refractivity contribution in [3.8, 4) is 0 Å². The van der Waals surface area contributed by atoms with Crippen LogP contribution in [0.5, 0.6) is 0 Å². The van der Waals surface area contributed by atoms with Crippen molar-refractivity contribution >= 4 is 17.4 Å². The van der Waals surface area contributed by atoms with Gasteiger partial charge >= 0.3 is 6.03 Å². The molecule has 2 amide bonds. The van der Waals surface area contributed by atoms with Gasteiger partial charge in [0.05, 0.1) is 5.69 Å². The summed E-state index contributed by atoms with van der Waals surface area (Å²) in [5, 5.41) is 3.71. The molecule has 1 aliphatic heterocycles. The molecule has 0 atom stereocenters. The zero-order valence-corrected chi connectivity index (χ0v) is 14.5. The highest BCUT2D eigenvalue weighted by atomic mass is 16.2. The van der Waals surface area contributed by atoms with Crippen LogP contribution in [0, 0.1) is 11.8 Å². The van der Waals surface area contributed by atoms with E-state index in [2.05, 4.69) is 23.5 Å². The molecular weight excluding hydrogens is 298 g/mol. The first-order valence-corrected chi connectivity index (χ1v) is 9.67. The zero-order chi connectivity index (χ0) is 16.5. The Kier molecular flexibility index (Phi) is 4.38. The van der Waals surface area contributed by atoms with Crippen molar-refractivity contribution in [2.75, 3.05) is 16.8 Å². The van der Waals surface area contributed by atoms with Gasteiger partial charge in [-0.2, -0.15) is 0 Å². The summed E-state index contributed by atoms with van der Waals surface area (Å²) in [6.45, 7) is 0.734. The van der Waals surface area contributed by atoms with Crippen LogP contribution in [-0.4, -0.2) is 18.6 Å². The van der Waals surface area contributed by atoms with Gasteiger partial charge in [-0.25, -0.2) is 4.79 Å². The molecule has 0 saturated heterocycles. The molecule has 1 aromatic rings. The number of nitrogens with one attached hydrogen (secondary N) is 1. The number of hydrogen-bond acceptors (Lipinski definition) is 2. The molecule has 0 spiro atoms. The second-order valence-corrected chi connectivity index (χ2v) is 7.88. The number of nitrogens with two attached hydrogens (primary N) is 1. The van der Waals surface area contributed by atoms with Gasteiger partial charge in [-0.3, -0.25) is 4.90 Å². The predicted octanol–water partition coefficient (Wildman–Crippen LogP) is 4.29. The molecule has 3 N–H and O–H groups in total. The van der Waals surface area contributed by atoms with Gasteiger partial charge in [0.2, 0.25) is 0 Å². The molecule has 1 heterocycles. The molecule has 0 aromatic heterocycles. The van der Waals surface area contributed by atoms with E-state index in [1.165, 1.54) is 50.5 Å². The van der Waals surface area contributed by atoms with Crippen molar-refractivity contribution in [1.82, 2.24) is 0 Å². The van der Waals surface area contributed by atoms with Gasteiger partial charge in [0.15, 0.2) is 0 Å². The fourth-order valence-corrected chi connectivity index (χ4v) is 4.78. The van der Waals surface area contributed by atoms with E-state index in [-0.39, 0.29) is 6.03 Å². The minimum Gasteiger partial charge on any atom is -0.382 e. The summed E-state index contributed by atoms with van der Waals surface area (Å²) in [5.74, 6) is 2.00. The van der Waals surface area contributed by atoms with E-state index in [1.54, 1.807) is 4.90 Å². The summed E-state index contributed by atoms with van der Waals surface area (Å²) >= 11 is 0. The first kappa shape index (κ1) is 15.8. The summed E-state index contributed by atoms with van der Waals surface area (Å²) in [4.78, 5) is 13.4. The summed E-state index contributed by atoms with van der Waals surface area (Å²) < 4.78 is 0. The molecule has 0 bridgehead atoms. The maximum atomic E-state index is 11.7. The van der Waals surface area contributed by atoms with Gasteiger partial charge in [0.25, 0.3) is 0 Å². The van der Waals surface area contributed by atoms with Crippen LogP contribution in [0.1, 0.15) is 56.9 Å². The van der Waals surface area contributed by atoms with Gasteiger partial charge in [0.1, 0.15) is 0 Å². The van der Waals surface area contributed by atoms with Crippen LogP contribution < -0.4 is 16.0 Å². The van der Waals surface area contributed by atoms with Crippen LogP contribution in [0.15, 0.2) is 18.2 Å². The fraction of sp³-hybridized carbons (Fsp3) is 0.650. The average molecular weight is 327 g/mol. The van der Waals surface area contributed by atoms with Gasteiger partial charge in [-0.15, -0.1) is 0 Å². The topological polar surface area (TPSA) is 58.4 Å². The van der Waals surface area contributed by atoms with Crippen molar-refractivity contribution in [2.45, 2.75) is 63.8 Å². The van der Waals surface area contributed by atoms with Crippen LogP contribution >= 0.6 is 0 Å². The van der Waals surface area contributed by atoms with Crippen molar-refractivity contribution < 1.29 is 4.79 Å². The highest BCUT2D eigenvalue weighted by molar-refractivity contribution is 5.92. The Morgan fingerprint density at radius 3 is 2.46 bits per heavy atom. The van der Waals surface area contributed by atoms with E-state index in [0.717, 1.165) is 42.6 Å². The first-order valence-electron chi connectivity index (χ1n) is 9.67. The van der Waals surface area contributed by atoms with Gasteiger partial charge in [-0.1, -0.05) is 25.3 Å². The molecule has 4 heteroatoms. The highest BCUT2D eigenvalue weighted by Crippen LogP contribution is 2.41. The number of carbonyl (C=O) groups is 1. The van der Waals surface area contributed by atoms with Crippen LogP contribution in [-0.2, 0) is 6.42 Å². The number of benzene rings is 1. The molecule has 4 nitrogen and oxygen atoms in total. The predicted molar refractivity (Wildman–Crippen MR) is 98.4 cm³/mol. The largest absolute Gasteiger partial charge is 0.382 e. The highest BCUT2D eigenvalue weighted by Gasteiger charge is 2.31. The number of nitrogens with zero attached hydrogens (tertiary/aromatic N) is 1. The average Bonchev–Trinajstić information content (AvgIpc) is 2.54. The molecule has 0 radical (unpaired) electrons. The van der Waals surface area contributed by atoms with Gasteiger partial charge in [-0.05, 0) is 68.1 Å². The van der Waals surface area contributed by atoms with Crippen LogP contribution in [0.2, 0.25) is 0 Å². The number of carbonyl (C=O) groups excluding carboxylic acids is 1. The van der Waals surface area contributed by atoms with Crippen molar-refractivity contribution in [2.24, 2.45) is 17.6 Å². The normalized spacial score (nSPS) is 27.2. The lowest BCUT2D eigenvalue weighted by Crippen LogP contribution is -2.39. The Hall–Kier alpha value is -1.71. The standard InChI is InChI=1S/C20H29N3O/c21-20(24)23-12-2-5-16-8-11-18(13-19(16)23)22-17-9-6-15(7-10-17)14-3-1-4-14/h8,11,13-15,17,22H,1-7,9-10,12H2,(H2,21,24). The van der Waals surface area contributed by atoms with E-state index < -0.39 is 0 Å². The smallest absolute Gasteiger partial charge is 0.319 e. The minimum atomic E-state index is -0.339. The molecule has 130 valence electrons.